The summed E-state index contributed by atoms with van der Waals surface area (Å²) >= 11 is 0. The Hall–Kier alpha value is -1.69. The lowest BCUT2D eigenvalue weighted by Gasteiger charge is -2.32. The molecule has 1 aromatic carbocycles. The highest BCUT2D eigenvalue weighted by atomic mass is 19.1. The minimum atomic E-state index is -0.380. The predicted octanol–water partition coefficient (Wildman–Crippen LogP) is 7.43. The first kappa shape index (κ1) is 20.1. The summed E-state index contributed by atoms with van der Waals surface area (Å²) in [7, 11) is 0. The molecule has 0 amide bonds. The summed E-state index contributed by atoms with van der Waals surface area (Å²) in [6.45, 7) is 0. The molecule has 0 atom stereocenters. The van der Waals surface area contributed by atoms with E-state index in [2.05, 4.69) is 0 Å². The zero-order chi connectivity index (χ0) is 19.1. The number of hydrogen-bond donors (Lipinski definition) is 0. The van der Waals surface area contributed by atoms with Gasteiger partial charge in [-0.05, 0) is 86.3 Å². The Morgan fingerprint density at radius 1 is 0.926 bits per heavy atom. The van der Waals surface area contributed by atoms with E-state index in [4.69, 9.17) is 5.26 Å². The van der Waals surface area contributed by atoms with Gasteiger partial charge in [0.05, 0.1) is 11.9 Å². The molecular weight excluding hydrogens is 340 g/mol. The fourth-order valence-corrected chi connectivity index (χ4v) is 5.13. The van der Waals surface area contributed by atoms with Crippen molar-refractivity contribution in [3.8, 4) is 6.07 Å². The van der Waals surface area contributed by atoms with Crippen LogP contribution in [0.5, 0.6) is 0 Å². The van der Waals surface area contributed by atoms with Gasteiger partial charge in [-0.3, -0.25) is 0 Å². The molecule has 0 aromatic heterocycles. The van der Waals surface area contributed by atoms with Crippen molar-refractivity contribution in [3.63, 3.8) is 0 Å². The Kier molecular flexibility index (Phi) is 7.44. The quantitative estimate of drug-likeness (QED) is 0.510. The van der Waals surface area contributed by atoms with Crippen LogP contribution in [0.25, 0.3) is 0 Å². The van der Waals surface area contributed by atoms with Crippen LogP contribution in [0.1, 0.15) is 87.7 Å². The van der Waals surface area contributed by atoms with E-state index in [0.29, 0.717) is 18.2 Å². The number of hydrogen-bond acceptors (Lipinski definition) is 1. The summed E-state index contributed by atoms with van der Waals surface area (Å²) in [5.41, 5.74) is 1.20. The molecule has 3 rings (SSSR count). The molecule has 0 N–H and O–H groups in total. The summed E-state index contributed by atoms with van der Waals surface area (Å²) < 4.78 is 26.0. The number of allylic oxidation sites excluding steroid dienone is 1. The summed E-state index contributed by atoms with van der Waals surface area (Å²) in [5, 5.41) is 8.87. The standard InChI is InChI=1S/C24H31F2N/c25-15-1-2-18-3-5-19(6-4-18)7-8-20-9-11-21(12-10-20)22-13-14-23(17-27)24(26)16-22/h1,13-16,18-21H,2-12H2. The molecule has 0 spiro atoms. The van der Waals surface area contributed by atoms with E-state index in [1.54, 1.807) is 18.2 Å². The van der Waals surface area contributed by atoms with Crippen molar-refractivity contribution >= 4 is 0 Å². The second-order valence-electron chi connectivity index (χ2n) is 8.63. The second-order valence-corrected chi connectivity index (χ2v) is 8.63. The maximum Gasteiger partial charge on any atom is 0.141 e. The fourth-order valence-electron chi connectivity index (χ4n) is 5.13. The molecule has 0 unspecified atom stereocenters. The lowest BCUT2D eigenvalue weighted by atomic mass is 9.74. The van der Waals surface area contributed by atoms with Crippen molar-refractivity contribution in [3.05, 3.63) is 47.5 Å². The molecule has 2 aliphatic carbocycles. The molecule has 2 fully saturated rings. The van der Waals surface area contributed by atoms with Gasteiger partial charge in [0, 0.05) is 0 Å². The highest BCUT2D eigenvalue weighted by molar-refractivity contribution is 5.34. The van der Waals surface area contributed by atoms with Gasteiger partial charge in [-0.15, -0.1) is 0 Å². The second kappa shape index (κ2) is 10.0. The van der Waals surface area contributed by atoms with E-state index < -0.39 is 0 Å². The minimum Gasteiger partial charge on any atom is -0.216 e. The van der Waals surface area contributed by atoms with Crippen LogP contribution < -0.4 is 0 Å². The number of nitriles is 1. The largest absolute Gasteiger partial charge is 0.216 e. The van der Waals surface area contributed by atoms with Gasteiger partial charge in [-0.25, -0.2) is 8.78 Å². The zero-order valence-electron chi connectivity index (χ0n) is 16.2. The average molecular weight is 372 g/mol. The van der Waals surface area contributed by atoms with Gasteiger partial charge < -0.3 is 0 Å². The van der Waals surface area contributed by atoms with E-state index in [-0.39, 0.29) is 11.4 Å². The smallest absolute Gasteiger partial charge is 0.141 e. The summed E-state index contributed by atoms with van der Waals surface area (Å²) in [6.07, 6.45) is 15.8. The van der Waals surface area contributed by atoms with Gasteiger partial charge in [-0.1, -0.05) is 37.8 Å². The van der Waals surface area contributed by atoms with Gasteiger partial charge in [0.25, 0.3) is 0 Å². The Labute approximate surface area is 162 Å². The summed E-state index contributed by atoms with van der Waals surface area (Å²) in [6, 6.07) is 7.02. The molecule has 146 valence electrons. The van der Waals surface area contributed by atoms with Crippen molar-refractivity contribution in [2.24, 2.45) is 17.8 Å². The first-order chi connectivity index (χ1) is 13.2. The van der Waals surface area contributed by atoms with Crippen LogP contribution in [0.2, 0.25) is 0 Å². The third-order valence-corrected chi connectivity index (χ3v) is 6.94. The Bertz CT molecular complexity index is 659. The van der Waals surface area contributed by atoms with Crippen molar-refractivity contribution in [2.45, 2.75) is 76.5 Å². The van der Waals surface area contributed by atoms with Crippen molar-refractivity contribution < 1.29 is 8.78 Å². The molecule has 1 nitrogen and oxygen atoms in total. The predicted molar refractivity (Wildman–Crippen MR) is 105 cm³/mol. The summed E-state index contributed by atoms with van der Waals surface area (Å²) in [4.78, 5) is 0. The van der Waals surface area contributed by atoms with Crippen molar-refractivity contribution in [2.75, 3.05) is 0 Å². The molecule has 0 aliphatic heterocycles. The molecule has 2 saturated carbocycles. The van der Waals surface area contributed by atoms with Crippen LogP contribution >= 0.6 is 0 Å². The third-order valence-electron chi connectivity index (χ3n) is 6.94. The molecule has 2 aliphatic rings. The average Bonchev–Trinajstić information content (AvgIpc) is 2.72. The van der Waals surface area contributed by atoms with E-state index in [1.165, 1.54) is 51.4 Å². The fraction of sp³-hybridized carbons (Fsp3) is 0.625. The maximum atomic E-state index is 13.9. The molecule has 0 saturated heterocycles. The van der Waals surface area contributed by atoms with Crippen molar-refractivity contribution in [1.29, 1.82) is 5.26 Å². The van der Waals surface area contributed by atoms with E-state index in [9.17, 15) is 8.78 Å². The SMILES string of the molecule is N#Cc1ccc(C2CCC(CCC3CCC(CC=CF)CC3)CC2)cc1F. The molecule has 0 heterocycles. The van der Waals surface area contributed by atoms with Gasteiger partial charge >= 0.3 is 0 Å². The first-order valence-corrected chi connectivity index (χ1v) is 10.6. The van der Waals surface area contributed by atoms with Gasteiger partial charge in [0.1, 0.15) is 11.9 Å². The molecule has 1 aromatic rings. The lowest BCUT2D eigenvalue weighted by molar-refractivity contribution is 0.231. The van der Waals surface area contributed by atoms with E-state index in [1.807, 2.05) is 12.1 Å². The Morgan fingerprint density at radius 2 is 1.52 bits per heavy atom. The van der Waals surface area contributed by atoms with Crippen molar-refractivity contribution in [1.82, 2.24) is 0 Å². The molecule has 0 bridgehead atoms. The highest BCUT2D eigenvalue weighted by Crippen LogP contribution is 2.40. The summed E-state index contributed by atoms with van der Waals surface area (Å²) in [5.74, 6) is 2.44. The topological polar surface area (TPSA) is 23.8 Å². The van der Waals surface area contributed by atoms with Crippen LogP contribution in [0.15, 0.2) is 30.6 Å². The van der Waals surface area contributed by atoms with Gasteiger partial charge in [0.2, 0.25) is 0 Å². The molecular formula is C24H31F2N. The molecule has 0 radical (unpaired) electrons. The Balaban J connectivity index is 1.38. The van der Waals surface area contributed by atoms with Gasteiger partial charge in [0.15, 0.2) is 0 Å². The zero-order valence-corrected chi connectivity index (χ0v) is 16.2. The number of benzene rings is 1. The maximum absolute atomic E-state index is 13.9. The van der Waals surface area contributed by atoms with Crippen LogP contribution in [0, 0.1) is 34.9 Å². The molecule has 3 heteroatoms. The number of halogens is 2. The van der Waals surface area contributed by atoms with E-state index in [0.717, 1.165) is 36.7 Å². The number of nitrogens with zero attached hydrogens (tertiary/aromatic N) is 1. The first-order valence-electron chi connectivity index (χ1n) is 10.6. The van der Waals surface area contributed by atoms with Crippen LogP contribution in [0.4, 0.5) is 8.78 Å². The van der Waals surface area contributed by atoms with Crippen LogP contribution in [0.3, 0.4) is 0 Å². The van der Waals surface area contributed by atoms with Gasteiger partial charge in [-0.2, -0.15) is 5.26 Å². The van der Waals surface area contributed by atoms with Crippen LogP contribution in [-0.4, -0.2) is 0 Å². The minimum absolute atomic E-state index is 0.142. The molecule has 27 heavy (non-hydrogen) atoms. The lowest BCUT2D eigenvalue weighted by Crippen LogP contribution is -2.17. The monoisotopic (exact) mass is 371 g/mol. The Morgan fingerprint density at radius 3 is 2.07 bits per heavy atom. The third kappa shape index (κ3) is 5.64. The highest BCUT2D eigenvalue weighted by Gasteiger charge is 2.25. The van der Waals surface area contributed by atoms with E-state index >= 15 is 0 Å². The normalized spacial score (nSPS) is 28.9. The number of rotatable bonds is 6. The van der Waals surface area contributed by atoms with Crippen LogP contribution in [-0.2, 0) is 0 Å².